The van der Waals surface area contributed by atoms with E-state index in [-0.39, 0.29) is 17.9 Å². The average molecular weight is 471 g/mol. The highest BCUT2D eigenvalue weighted by molar-refractivity contribution is 9.10. The fourth-order valence-electron chi connectivity index (χ4n) is 3.56. The monoisotopic (exact) mass is 470 g/mol. The van der Waals surface area contributed by atoms with E-state index in [9.17, 15) is 4.79 Å². The molecule has 0 radical (unpaired) electrons. The first kappa shape index (κ1) is 20.4. The predicted octanol–water partition coefficient (Wildman–Crippen LogP) is 3.45. The number of aromatic nitrogens is 5. The number of nitrogens with two attached hydrogens (primary N) is 1. The molecular weight excluding hydrogens is 448 g/mol. The molecule has 2 aromatic heterocycles. The van der Waals surface area contributed by atoms with Crippen molar-refractivity contribution in [1.82, 2.24) is 25.0 Å². The van der Waals surface area contributed by atoms with Gasteiger partial charge in [0.25, 0.3) is 0 Å². The minimum Gasteiger partial charge on any atom is -0.350 e. The van der Waals surface area contributed by atoms with E-state index in [4.69, 9.17) is 5.73 Å². The van der Waals surface area contributed by atoms with Gasteiger partial charge in [-0.1, -0.05) is 28.8 Å². The molecule has 1 fully saturated rings. The van der Waals surface area contributed by atoms with Crippen molar-refractivity contribution < 1.29 is 4.79 Å². The molecule has 10 heteroatoms. The lowest BCUT2D eigenvalue weighted by atomic mass is 9.91. The molecule has 1 aliphatic carbocycles. The summed E-state index contributed by atoms with van der Waals surface area (Å²) in [6.45, 7) is 1.49. The van der Waals surface area contributed by atoms with Crippen LogP contribution in [0.1, 0.15) is 43.0 Å². The number of rotatable bonds is 6. The Hall–Kier alpha value is -2.85. The van der Waals surface area contributed by atoms with E-state index < -0.39 is 0 Å². The third-order valence-electron chi connectivity index (χ3n) is 5.10. The van der Waals surface area contributed by atoms with Gasteiger partial charge in [-0.25, -0.2) is 4.98 Å². The number of ketones is 1. The van der Waals surface area contributed by atoms with E-state index in [2.05, 4.69) is 46.7 Å². The van der Waals surface area contributed by atoms with Crippen LogP contribution in [0.2, 0.25) is 0 Å². The lowest BCUT2D eigenvalue weighted by Crippen LogP contribution is -2.43. The number of nitrogens with one attached hydrogen (secondary N) is 2. The van der Waals surface area contributed by atoms with Crippen molar-refractivity contribution in [3.63, 3.8) is 0 Å². The normalized spacial score (nSPS) is 18.8. The second-order valence-corrected chi connectivity index (χ2v) is 8.27. The van der Waals surface area contributed by atoms with Gasteiger partial charge in [0.2, 0.25) is 5.95 Å². The highest BCUT2D eigenvalue weighted by Gasteiger charge is 2.23. The molecule has 0 amide bonds. The minimum atomic E-state index is -0.123. The van der Waals surface area contributed by atoms with Crippen molar-refractivity contribution in [2.24, 2.45) is 5.73 Å². The second-order valence-electron chi connectivity index (χ2n) is 7.35. The molecule has 4 rings (SSSR count). The number of anilines is 3. The first-order valence-corrected chi connectivity index (χ1v) is 10.6. The van der Waals surface area contributed by atoms with Gasteiger partial charge in [-0.05, 0) is 38.0 Å². The summed E-state index contributed by atoms with van der Waals surface area (Å²) in [6, 6.07) is 5.86. The van der Waals surface area contributed by atoms with E-state index >= 15 is 0 Å². The van der Waals surface area contributed by atoms with Crippen LogP contribution in [0.5, 0.6) is 0 Å². The van der Waals surface area contributed by atoms with Crippen LogP contribution in [0.15, 0.2) is 41.3 Å². The number of hydrogen-bond donors (Lipinski definition) is 3. The van der Waals surface area contributed by atoms with Crippen molar-refractivity contribution in [2.75, 3.05) is 10.6 Å². The van der Waals surface area contributed by atoms with Gasteiger partial charge in [-0.15, -0.1) is 0 Å². The van der Waals surface area contributed by atoms with Crippen LogP contribution in [0.3, 0.4) is 0 Å². The third-order valence-corrected chi connectivity index (χ3v) is 5.55. The van der Waals surface area contributed by atoms with E-state index in [0.717, 1.165) is 41.5 Å². The molecular formula is C20H23BrN8O. The summed E-state index contributed by atoms with van der Waals surface area (Å²) in [5.74, 6) is 0.762. The molecule has 2 heterocycles. The zero-order valence-corrected chi connectivity index (χ0v) is 18.1. The van der Waals surface area contributed by atoms with E-state index in [1.165, 1.54) is 11.7 Å². The molecule has 0 saturated heterocycles. The topological polar surface area (TPSA) is 124 Å². The summed E-state index contributed by atoms with van der Waals surface area (Å²) in [5, 5.41) is 14.9. The Morgan fingerprint density at radius 1 is 1.20 bits per heavy atom. The molecule has 3 aromatic rings. The number of carbonyl (C=O) groups excluding carboxylic acids is 1. The zero-order chi connectivity index (χ0) is 21.1. The van der Waals surface area contributed by atoms with Crippen molar-refractivity contribution in [3.8, 4) is 5.69 Å². The Morgan fingerprint density at radius 2 is 1.97 bits per heavy atom. The van der Waals surface area contributed by atoms with Gasteiger partial charge in [0.1, 0.15) is 5.82 Å². The van der Waals surface area contributed by atoms with Crippen LogP contribution in [-0.2, 0) is 0 Å². The maximum Gasteiger partial charge on any atom is 0.224 e. The quantitative estimate of drug-likeness (QED) is 0.467. The molecule has 1 aliphatic rings. The summed E-state index contributed by atoms with van der Waals surface area (Å²) in [5.41, 5.74) is 8.15. The Balaban J connectivity index is 1.63. The summed E-state index contributed by atoms with van der Waals surface area (Å²) >= 11 is 3.51. The molecule has 30 heavy (non-hydrogen) atoms. The van der Waals surface area contributed by atoms with Crippen molar-refractivity contribution in [3.05, 3.63) is 46.8 Å². The van der Waals surface area contributed by atoms with Crippen LogP contribution in [0, 0.1) is 0 Å². The zero-order valence-electron chi connectivity index (χ0n) is 16.5. The lowest BCUT2D eigenvalue weighted by Gasteiger charge is -2.29. The summed E-state index contributed by atoms with van der Waals surface area (Å²) in [4.78, 5) is 22.6. The Bertz CT molecular complexity index is 1040. The van der Waals surface area contributed by atoms with Gasteiger partial charge in [0, 0.05) is 28.4 Å². The van der Waals surface area contributed by atoms with Crippen LogP contribution < -0.4 is 16.4 Å². The van der Waals surface area contributed by atoms with Crippen molar-refractivity contribution >= 4 is 39.2 Å². The Morgan fingerprint density at radius 3 is 2.70 bits per heavy atom. The van der Waals surface area contributed by atoms with E-state index in [1.807, 2.05) is 18.2 Å². The van der Waals surface area contributed by atoms with Gasteiger partial charge in [0.15, 0.2) is 5.78 Å². The van der Waals surface area contributed by atoms with Gasteiger partial charge >= 0.3 is 0 Å². The molecule has 4 N–H and O–H groups in total. The van der Waals surface area contributed by atoms with E-state index in [0.29, 0.717) is 17.3 Å². The second kappa shape index (κ2) is 8.88. The van der Waals surface area contributed by atoms with Crippen LogP contribution >= 0.6 is 15.9 Å². The fraction of sp³-hybridized carbons (Fsp3) is 0.350. The highest BCUT2D eigenvalue weighted by atomic mass is 79.9. The molecule has 2 atom stereocenters. The molecule has 1 saturated carbocycles. The largest absolute Gasteiger partial charge is 0.350 e. The van der Waals surface area contributed by atoms with Gasteiger partial charge in [0.05, 0.1) is 23.6 Å². The fourth-order valence-corrected chi connectivity index (χ4v) is 4.04. The number of carbonyl (C=O) groups is 1. The minimum absolute atomic E-state index is 0.0699. The highest BCUT2D eigenvalue weighted by Crippen LogP contribution is 2.27. The maximum atomic E-state index is 12.1. The number of nitrogens with zero attached hydrogens (tertiary/aromatic N) is 5. The third kappa shape index (κ3) is 4.65. The maximum absolute atomic E-state index is 12.1. The first-order chi connectivity index (χ1) is 14.5. The molecule has 0 bridgehead atoms. The predicted molar refractivity (Wildman–Crippen MR) is 118 cm³/mol. The molecule has 0 spiro atoms. The standard InChI is InChI=1S/C20H23BrN8O/c1-12(30)16-11-23-20(27-18-5-3-2-4-17(18)22)28-19(16)26-14-8-13(21)9-15(10-14)29-24-6-7-25-29/h6-11,17-18H,2-5,22H2,1H3,(H2,23,26,27,28)/t17-,18+/m0/s1. The van der Waals surface area contributed by atoms with Gasteiger partial charge in [-0.3, -0.25) is 4.79 Å². The van der Waals surface area contributed by atoms with Crippen molar-refractivity contribution in [2.45, 2.75) is 44.7 Å². The number of Topliss-reactive ketones (excluding diaryl/α,β-unsaturated/α-hetero) is 1. The number of hydrogen-bond acceptors (Lipinski definition) is 8. The van der Waals surface area contributed by atoms with Crippen LogP contribution in [0.25, 0.3) is 5.69 Å². The SMILES string of the molecule is CC(=O)c1cnc(N[C@@H]2CCCC[C@@H]2N)nc1Nc1cc(Br)cc(-n2nccn2)c1. The Kier molecular flexibility index (Phi) is 6.05. The summed E-state index contributed by atoms with van der Waals surface area (Å²) in [7, 11) is 0. The van der Waals surface area contributed by atoms with Gasteiger partial charge in [-0.2, -0.15) is 20.0 Å². The lowest BCUT2D eigenvalue weighted by molar-refractivity contribution is 0.101. The van der Waals surface area contributed by atoms with Crippen LogP contribution in [0.4, 0.5) is 17.5 Å². The summed E-state index contributed by atoms with van der Waals surface area (Å²) < 4.78 is 0.838. The molecule has 9 nitrogen and oxygen atoms in total. The van der Waals surface area contributed by atoms with Gasteiger partial charge < -0.3 is 16.4 Å². The number of benzene rings is 1. The summed E-state index contributed by atoms with van der Waals surface area (Å²) in [6.07, 6.45) is 9.00. The van der Waals surface area contributed by atoms with Crippen molar-refractivity contribution in [1.29, 1.82) is 0 Å². The first-order valence-electron chi connectivity index (χ1n) is 9.84. The van der Waals surface area contributed by atoms with Crippen LogP contribution in [-0.4, -0.2) is 42.8 Å². The number of halogens is 1. The molecule has 156 valence electrons. The average Bonchev–Trinajstić information content (AvgIpc) is 3.24. The molecule has 0 unspecified atom stereocenters. The van der Waals surface area contributed by atoms with E-state index in [1.54, 1.807) is 18.6 Å². The molecule has 1 aromatic carbocycles. The molecule has 0 aliphatic heterocycles. The smallest absolute Gasteiger partial charge is 0.224 e. The Labute approximate surface area is 182 Å².